The molecule has 5 heteroatoms. The molecule has 0 saturated carbocycles. The minimum absolute atomic E-state index is 0.221. The number of aromatic nitrogens is 2. The van der Waals surface area contributed by atoms with E-state index in [1.54, 1.807) is 30.5 Å². The topological polar surface area (TPSA) is 92.0 Å². The van der Waals surface area contributed by atoms with Crippen LogP contribution in [0.3, 0.4) is 0 Å². The number of H-pyrrole nitrogens is 1. The summed E-state index contributed by atoms with van der Waals surface area (Å²) in [6.07, 6.45) is 5.94. The van der Waals surface area contributed by atoms with Gasteiger partial charge in [0.1, 0.15) is 5.75 Å². The number of nitrogens with zero attached hydrogens (tertiary/aromatic N) is 1. The standard InChI is InChI=1S/C16H14N3O2/c17-16(21)12-2-1-7-18-14(12)5-3-10-9-19-15-6-4-11(20)8-13(10)15/h1-2,4-9,19-20H,3H2,(H2,17,21). The van der Waals surface area contributed by atoms with Crippen LogP contribution in [0.5, 0.6) is 5.75 Å². The summed E-state index contributed by atoms with van der Waals surface area (Å²) in [4.78, 5) is 18.7. The molecule has 0 saturated heterocycles. The first-order valence-corrected chi connectivity index (χ1v) is 6.52. The number of hydrogen-bond acceptors (Lipinski definition) is 3. The van der Waals surface area contributed by atoms with Crippen LogP contribution in [-0.2, 0) is 6.42 Å². The Hall–Kier alpha value is -2.82. The number of nitrogens with one attached hydrogen (secondary N) is 1. The second-order valence-electron chi connectivity index (χ2n) is 4.75. The van der Waals surface area contributed by atoms with Crippen molar-refractivity contribution in [3.05, 3.63) is 66.0 Å². The molecule has 0 bridgehead atoms. The highest BCUT2D eigenvalue weighted by Gasteiger charge is 2.11. The van der Waals surface area contributed by atoms with Gasteiger partial charge in [0.15, 0.2) is 0 Å². The van der Waals surface area contributed by atoms with E-state index in [0.29, 0.717) is 17.7 Å². The van der Waals surface area contributed by atoms with Crippen LogP contribution in [0, 0.1) is 6.42 Å². The van der Waals surface area contributed by atoms with E-state index in [1.165, 1.54) is 0 Å². The van der Waals surface area contributed by atoms with Crippen molar-refractivity contribution < 1.29 is 9.90 Å². The van der Waals surface area contributed by atoms with E-state index in [2.05, 4.69) is 9.97 Å². The maximum atomic E-state index is 11.4. The first-order chi connectivity index (χ1) is 10.1. The molecule has 0 unspecified atom stereocenters. The number of hydrogen-bond donors (Lipinski definition) is 3. The molecule has 0 aliphatic carbocycles. The van der Waals surface area contributed by atoms with Crippen molar-refractivity contribution >= 4 is 16.8 Å². The molecule has 0 aliphatic heterocycles. The zero-order chi connectivity index (χ0) is 14.8. The largest absolute Gasteiger partial charge is 0.508 e. The number of nitrogens with two attached hydrogens (primary N) is 1. The number of rotatable bonds is 4. The Bertz CT molecular complexity index is 808. The summed E-state index contributed by atoms with van der Waals surface area (Å²) in [5, 5.41) is 10.5. The molecular weight excluding hydrogens is 266 g/mol. The third-order valence-corrected chi connectivity index (χ3v) is 3.37. The first kappa shape index (κ1) is 13.2. The number of aromatic amines is 1. The predicted molar refractivity (Wildman–Crippen MR) is 79.8 cm³/mol. The second-order valence-corrected chi connectivity index (χ2v) is 4.75. The van der Waals surface area contributed by atoms with E-state index in [-0.39, 0.29) is 5.75 Å². The zero-order valence-corrected chi connectivity index (χ0v) is 11.2. The van der Waals surface area contributed by atoms with Gasteiger partial charge < -0.3 is 15.8 Å². The molecule has 0 spiro atoms. The number of pyridine rings is 1. The quantitative estimate of drug-likeness (QED) is 0.683. The van der Waals surface area contributed by atoms with Gasteiger partial charge in [-0.15, -0.1) is 0 Å². The molecule has 1 amide bonds. The summed E-state index contributed by atoms with van der Waals surface area (Å²) in [5.74, 6) is -0.273. The molecule has 5 nitrogen and oxygen atoms in total. The predicted octanol–water partition coefficient (Wildman–Crippen LogP) is 2.16. The van der Waals surface area contributed by atoms with Gasteiger partial charge in [0, 0.05) is 29.7 Å². The van der Waals surface area contributed by atoms with Gasteiger partial charge in [-0.05, 0) is 42.3 Å². The second kappa shape index (κ2) is 5.28. The molecule has 1 aromatic carbocycles. The minimum atomic E-state index is -0.495. The lowest BCUT2D eigenvalue weighted by Gasteiger charge is -2.04. The van der Waals surface area contributed by atoms with Crippen molar-refractivity contribution in [1.82, 2.24) is 9.97 Å². The molecular formula is C16H14N3O2. The van der Waals surface area contributed by atoms with Gasteiger partial charge in [-0.1, -0.05) is 0 Å². The molecule has 3 aromatic rings. The summed E-state index contributed by atoms with van der Waals surface area (Å²) >= 11 is 0. The summed E-state index contributed by atoms with van der Waals surface area (Å²) in [5.41, 5.74) is 8.27. The van der Waals surface area contributed by atoms with Crippen LogP contribution < -0.4 is 5.73 Å². The van der Waals surface area contributed by atoms with Crippen molar-refractivity contribution in [3.63, 3.8) is 0 Å². The Balaban J connectivity index is 1.87. The van der Waals surface area contributed by atoms with E-state index in [0.717, 1.165) is 16.5 Å². The van der Waals surface area contributed by atoms with Crippen LogP contribution >= 0.6 is 0 Å². The fraction of sp³-hybridized carbons (Fsp3) is 0.0625. The van der Waals surface area contributed by atoms with E-state index < -0.39 is 5.91 Å². The van der Waals surface area contributed by atoms with Crippen LogP contribution in [0.4, 0.5) is 0 Å². The number of aromatic hydroxyl groups is 1. The van der Waals surface area contributed by atoms with Crippen molar-refractivity contribution in [2.24, 2.45) is 5.73 Å². The van der Waals surface area contributed by atoms with Crippen LogP contribution in [0.2, 0.25) is 0 Å². The van der Waals surface area contributed by atoms with Gasteiger partial charge >= 0.3 is 0 Å². The first-order valence-electron chi connectivity index (χ1n) is 6.52. The average Bonchev–Trinajstić information content (AvgIpc) is 2.87. The third kappa shape index (κ3) is 2.58. The Labute approximate surface area is 121 Å². The van der Waals surface area contributed by atoms with E-state index >= 15 is 0 Å². The highest BCUT2D eigenvalue weighted by Crippen LogP contribution is 2.24. The molecule has 2 aromatic heterocycles. The summed E-state index contributed by atoms with van der Waals surface area (Å²) in [6, 6.07) is 8.51. The molecule has 4 N–H and O–H groups in total. The summed E-state index contributed by atoms with van der Waals surface area (Å²) in [6.45, 7) is 0. The molecule has 0 aliphatic rings. The third-order valence-electron chi connectivity index (χ3n) is 3.37. The maximum absolute atomic E-state index is 11.4. The Morgan fingerprint density at radius 3 is 3.05 bits per heavy atom. The Morgan fingerprint density at radius 1 is 1.38 bits per heavy atom. The Kier molecular flexibility index (Phi) is 3.31. The number of amides is 1. The highest BCUT2D eigenvalue weighted by molar-refractivity contribution is 5.94. The lowest BCUT2D eigenvalue weighted by Crippen LogP contribution is -2.14. The van der Waals surface area contributed by atoms with Gasteiger partial charge in [0.2, 0.25) is 0 Å². The molecule has 105 valence electrons. The van der Waals surface area contributed by atoms with Crippen LogP contribution in [0.25, 0.3) is 10.9 Å². The lowest BCUT2D eigenvalue weighted by atomic mass is 10.0. The van der Waals surface area contributed by atoms with Crippen molar-refractivity contribution in [1.29, 1.82) is 0 Å². The molecule has 21 heavy (non-hydrogen) atoms. The van der Waals surface area contributed by atoms with Gasteiger partial charge in [0.25, 0.3) is 5.91 Å². The fourth-order valence-corrected chi connectivity index (χ4v) is 2.33. The van der Waals surface area contributed by atoms with E-state index in [9.17, 15) is 9.90 Å². The zero-order valence-electron chi connectivity index (χ0n) is 11.2. The van der Waals surface area contributed by atoms with Crippen molar-refractivity contribution in [2.75, 3.05) is 0 Å². The summed E-state index contributed by atoms with van der Waals surface area (Å²) < 4.78 is 0. The van der Waals surface area contributed by atoms with Crippen molar-refractivity contribution in [3.8, 4) is 5.75 Å². The average molecular weight is 280 g/mol. The number of benzene rings is 1. The number of fused-ring (bicyclic) bond motifs is 1. The van der Waals surface area contributed by atoms with E-state index in [1.807, 2.05) is 18.7 Å². The van der Waals surface area contributed by atoms with Crippen LogP contribution in [0.15, 0.2) is 42.7 Å². The number of phenolic OH excluding ortho intramolecular Hbond substituents is 1. The number of carbonyl (C=O) groups excluding carboxylic acids is 1. The smallest absolute Gasteiger partial charge is 0.250 e. The van der Waals surface area contributed by atoms with Crippen molar-refractivity contribution in [2.45, 2.75) is 6.42 Å². The van der Waals surface area contributed by atoms with E-state index in [4.69, 9.17) is 5.73 Å². The number of phenols is 1. The Morgan fingerprint density at radius 2 is 2.24 bits per heavy atom. The SMILES string of the molecule is NC(=O)c1cccnc1[CH]Cc1c[nH]c2ccc(O)cc12. The molecule has 2 heterocycles. The number of carbonyl (C=O) groups is 1. The van der Waals surface area contributed by atoms with Gasteiger partial charge in [0.05, 0.1) is 11.3 Å². The molecule has 1 radical (unpaired) electrons. The minimum Gasteiger partial charge on any atom is -0.508 e. The van der Waals surface area contributed by atoms with Crippen LogP contribution in [-0.4, -0.2) is 21.0 Å². The number of primary amides is 1. The normalized spacial score (nSPS) is 10.9. The lowest BCUT2D eigenvalue weighted by molar-refractivity contribution is 0.0999. The van der Waals surface area contributed by atoms with Crippen LogP contribution in [0.1, 0.15) is 21.6 Å². The highest BCUT2D eigenvalue weighted by atomic mass is 16.3. The fourth-order valence-electron chi connectivity index (χ4n) is 2.33. The molecule has 3 rings (SSSR count). The van der Waals surface area contributed by atoms with Gasteiger partial charge in [-0.2, -0.15) is 0 Å². The van der Waals surface area contributed by atoms with Gasteiger partial charge in [-0.3, -0.25) is 9.78 Å². The maximum Gasteiger partial charge on any atom is 0.250 e. The summed E-state index contributed by atoms with van der Waals surface area (Å²) in [7, 11) is 0. The molecule has 0 atom stereocenters. The molecule has 0 fully saturated rings. The monoisotopic (exact) mass is 280 g/mol. The van der Waals surface area contributed by atoms with Gasteiger partial charge in [-0.25, -0.2) is 0 Å².